The first kappa shape index (κ1) is 17.0. The van der Waals surface area contributed by atoms with Crippen LogP contribution in [-0.4, -0.2) is 33.1 Å². The number of nitrogens with one attached hydrogen (secondary N) is 1. The van der Waals surface area contributed by atoms with Gasteiger partial charge in [-0.15, -0.1) is 0 Å². The molecule has 20 heavy (non-hydrogen) atoms. The van der Waals surface area contributed by atoms with Gasteiger partial charge in [-0.3, -0.25) is 4.79 Å². The van der Waals surface area contributed by atoms with Gasteiger partial charge >= 0.3 is 0 Å². The summed E-state index contributed by atoms with van der Waals surface area (Å²) < 4.78 is 33.0. The summed E-state index contributed by atoms with van der Waals surface area (Å²) in [5, 5.41) is 2.62. The molecule has 0 unspecified atom stereocenters. The van der Waals surface area contributed by atoms with E-state index in [9.17, 15) is 13.2 Å². The number of carbonyl (C=O) groups excluding carboxylic acids is 1. The molecule has 0 aliphatic heterocycles. The van der Waals surface area contributed by atoms with Crippen molar-refractivity contribution in [3.8, 4) is 0 Å². The van der Waals surface area contributed by atoms with E-state index in [1.54, 1.807) is 0 Å². The molecular formula is C12H18ClNO5S. The predicted molar refractivity (Wildman–Crippen MR) is 74.5 cm³/mol. The Morgan fingerprint density at radius 1 is 1.50 bits per heavy atom. The number of ether oxygens (including phenoxy) is 1. The number of carbonyl (C=O) groups is 1. The highest BCUT2D eigenvalue weighted by atomic mass is 35.7. The van der Waals surface area contributed by atoms with Gasteiger partial charge in [0, 0.05) is 29.9 Å². The summed E-state index contributed by atoms with van der Waals surface area (Å²) in [6.45, 7) is 7.74. The summed E-state index contributed by atoms with van der Waals surface area (Å²) in [7, 11) is 1.31. The van der Waals surface area contributed by atoms with Gasteiger partial charge in [-0.05, 0) is 27.7 Å². The van der Waals surface area contributed by atoms with Gasteiger partial charge in [0.05, 0.1) is 5.60 Å². The second kappa shape index (κ2) is 6.15. The molecule has 0 atom stereocenters. The van der Waals surface area contributed by atoms with Crippen LogP contribution in [-0.2, 0) is 13.8 Å². The lowest BCUT2D eigenvalue weighted by molar-refractivity contribution is -0.00831. The van der Waals surface area contributed by atoms with Gasteiger partial charge in [0.25, 0.3) is 15.0 Å². The number of halogens is 1. The molecule has 0 bridgehead atoms. The lowest BCUT2D eigenvalue weighted by Gasteiger charge is -2.24. The van der Waals surface area contributed by atoms with Crippen molar-refractivity contribution in [2.24, 2.45) is 0 Å². The number of hydrogen-bond acceptors (Lipinski definition) is 5. The normalized spacial score (nSPS) is 12.4. The molecular weight excluding hydrogens is 306 g/mol. The van der Waals surface area contributed by atoms with Gasteiger partial charge in [-0.1, -0.05) is 0 Å². The summed E-state index contributed by atoms with van der Waals surface area (Å²) in [6, 6.07) is 1.11. The van der Waals surface area contributed by atoms with Crippen LogP contribution in [0.1, 0.15) is 37.1 Å². The summed E-state index contributed by atoms with van der Waals surface area (Å²) in [4.78, 5) is 11.7. The van der Waals surface area contributed by atoms with Gasteiger partial charge in [0.15, 0.2) is 5.76 Å². The molecule has 114 valence electrons. The first-order valence-corrected chi connectivity index (χ1v) is 8.35. The maximum atomic E-state index is 11.9. The van der Waals surface area contributed by atoms with Crippen molar-refractivity contribution in [1.82, 2.24) is 5.32 Å². The number of furan rings is 1. The van der Waals surface area contributed by atoms with Crippen molar-refractivity contribution in [3.63, 3.8) is 0 Å². The summed E-state index contributed by atoms with van der Waals surface area (Å²) in [6.07, 6.45) is 0. The maximum Gasteiger partial charge on any atom is 0.287 e. The maximum absolute atomic E-state index is 11.9. The van der Waals surface area contributed by atoms with Crippen LogP contribution in [0.2, 0.25) is 0 Å². The van der Waals surface area contributed by atoms with E-state index >= 15 is 0 Å². The Bertz CT molecular complexity index is 591. The number of rotatable bonds is 6. The zero-order valence-electron chi connectivity index (χ0n) is 11.8. The second-order valence-electron chi connectivity index (χ2n) is 4.84. The molecule has 1 amide bonds. The Kier molecular flexibility index (Phi) is 5.23. The van der Waals surface area contributed by atoms with Gasteiger partial charge in [0.2, 0.25) is 0 Å². The van der Waals surface area contributed by atoms with E-state index in [4.69, 9.17) is 19.8 Å². The topological polar surface area (TPSA) is 85.6 Å². The van der Waals surface area contributed by atoms with E-state index in [0.717, 1.165) is 6.07 Å². The zero-order valence-corrected chi connectivity index (χ0v) is 13.4. The van der Waals surface area contributed by atoms with Gasteiger partial charge in [-0.2, -0.15) is 0 Å². The van der Waals surface area contributed by atoms with Crippen LogP contribution >= 0.6 is 10.7 Å². The van der Waals surface area contributed by atoms with Crippen molar-refractivity contribution in [2.75, 3.05) is 13.2 Å². The Morgan fingerprint density at radius 2 is 2.10 bits per heavy atom. The average molecular weight is 324 g/mol. The van der Waals surface area contributed by atoms with Crippen molar-refractivity contribution in [1.29, 1.82) is 0 Å². The molecule has 0 saturated carbocycles. The minimum absolute atomic E-state index is 0.0780. The van der Waals surface area contributed by atoms with E-state index in [-0.39, 0.29) is 23.0 Å². The number of amides is 1. The van der Waals surface area contributed by atoms with E-state index in [0.29, 0.717) is 6.61 Å². The third kappa shape index (κ3) is 4.50. The number of hydrogen-bond donors (Lipinski definition) is 1. The van der Waals surface area contributed by atoms with Gasteiger partial charge in [0.1, 0.15) is 10.7 Å². The van der Waals surface area contributed by atoms with Crippen LogP contribution in [0.15, 0.2) is 15.4 Å². The fourth-order valence-electron chi connectivity index (χ4n) is 1.64. The van der Waals surface area contributed by atoms with Crippen molar-refractivity contribution < 1.29 is 22.4 Å². The van der Waals surface area contributed by atoms with Crippen LogP contribution in [0.4, 0.5) is 0 Å². The lowest BCUT2D eigenvalue weighted by atomic mass is 10.1. The minimum Gasteiger partial charge on any atom is -0.455 e. The van der Waals surface area contributed by atoms with E-state index < -0.39 is 20.6 Å². The highest BCUT2D eigenvalue weighted by molar-refractivity contribution is 8.13. The summed E-state index contributed by atoms with van der Waals surface area (Å²) in [5.41, 5.74) is -0.520. The molecule has 0 aromatic carbocycles. The molecule has 0 aliphatic rings. The van der Waals surface area contributed by atoms with Crippen LogP contribution in [0, 0.1) is 6.92 Å². The average Bonchev–Trinajstić information content (AvgIpc) is 2.68. The molecule has 1 rings (SSSR count). The summed E-state index contributed by atoms with van der Waals surface area (Å²) in [5.74, 6) is -0.546. The van der Waals surface area contributed by atoms with Crippen molar-refractivity contribution in [2.45, 2.75) is 38.2 Å². The molecule has 1 heterocycles. The van der Waals surface area contributed by atoms with E-state index in [1.165, 1.54) is 6.92 Å². The molecule has 0 fully saturated rings. The van der Waals surface area contributed by atoms with E-state index in [2.05, 4.69) is 5.32 Å². The van der Waals surface area contributed by atoms with Crippen molar-refractivity contribution in [3.05, 3.63) is 17.6 Å². The molecule has 6 nitrogen and oxygen atoms in total. The molecule has 1 aromatic heterocycles. The van der Waals surface area contributed by atoms with Crippen LogP contribution in [0.3, 0.4) is 0 Å². The van der Waals surface area contributed by atoms with Gasteiger partial charge in [-0.25, -0.2) is 8.42 Å². The molecule has 0 saturated heterocycles. The quantitative estimate of drug-likeness (QED) is 0.810. The molecule has 8 heteroatoms. The van der Waals surface area contributed by atoms with E-state index in [1.807, 2.05) is 20.8 Å². The Morgan fingerprint density at radius 3 is 2.55 bits per heavy atom. The van der Waals surface area contributed by atoms with Crippen LogP contribution in [0.5, 0.6) is 0 Å². The SMILES string of the molecule is CCOC(C)(C)CNC(=O)c1cc(S(=O)(=O)Cl)c(C)o1. The number of aryl methyl sites for hydroxylation is 1. The molecule has 1 N–H and O–H groups in total. The third-order valence-corrected chi connectivity index (χ3v) is 4.00. The Hall–Kier alpha value is -1.05. The highest BCUT2D eigenvalue weighted by Crippen LogP contribution is 2.23. The smallest absolute Gasteiger partial charge is 0.287 e. The zero-order chi connectivity index (χ0) is 15.6. The lowest BCUT2D eigenvalue weighted by Crippen LogP contribution is -2.40. The molecule has 0 radical (unpaired) electrons. The first-order chi connectivity index (χ1) is 9.07. The van der Waals surface area contributed by atoms with Crippen LogP contribution in [0.25, 0.3) is 0 Å². The minimum atomic E-state index is -3.92. The van der Waals surface area contributed by atoms with Gasteiger partial charge < -0.3 is 14.5 Å². The molecule has 0 spiro atoms. The molecule has 0 aliphatic carbocycles. The predicted octanol–water partition coefficient (Wildman–Crippen LogP) is 2.06. The monoisotopic (exact) mass is 323 g/mol. The fourth-order valence-corrected chi connectivity index (χ4v) is 2.73. The highest BCUT2D eigenvalue weighted by Gasteiger charge is 2.24. The van der Waals surface area contributed by atoms with Crippen LogP contribution < -0.4 is 5.32 Å². The Labute approximate surface area is 122 Å². The molecule has 1 aromatic rings. The summed E-state index contributed by atoms with van der Waals surface area (Å²) >= 11 is 0. The Balaban J connectivity index is 2.80. The van der Waals surface area contributed by atoms with Crippen molar-refractivity contribution >= 4 is 25.6 Å². The third-order valence-electron chi connectivity index (χ3n) is 2.57. The fraction of sp³-hybridized carbons (Fsp3) is 0.583. The second-order valence-corrected chi connectivity index (χ2v) is 7.38. The largest absolute Gasteiger partial charge is 0.455 e. The first-order valence-electron chi connectivity index (χ1n) is 6.04. The standard InChI is InChI=1S/C12H18ClNO5S/c1-5-18-12(3,4)7-14-11(15)9-6-10(8(2)19-9)20(13,16)17/h6H,5,7H2,1-4H3,(H,14,15).